The van der Waals surface area contributed by atoms with Crippen molar-refractivity contribution in [3.63, 3.8) is 0 Å². The topological polar surface area (TPSA) is 33.5 Å². The molecular weight excluding hydrogens is 250 g/mol. The Morgan fingerprint density at radius 1 is 1.28 bits per heavy atom. The number of halogens is 1. The maximum absolute atomic E-state index is 12.2. The molecule has 94 valence electrons. The van der Waals surface area contributed by atoms with E-state index in [1.165, 1.54) is 0 Å². The Balaban J connectivity index is 2.12. The summed E-state index contributed by atoms with van der Waals surface area (Å²) in [7, 11) is 1.73. The van der Waals surface area contributed by atoms with Gasteiger partial charge in [-0.25, -0.2) is 0 Å². The number of hydrogen-bond donors (Lipinski definition) is 0. The minimum absolute atomic E-state index is 0.116. The summed E-state index contributed by atoms with van der Waals surface area (Å²) in [5, 5.41) is 0.463. The van der Waals surface area contributed by atoms with Crippen LogP contribution in [0.15, 0.2) is 40.8 Å². The van der Waals surface area contributed by atoms with Crippen molar-refractivity contribution in [2.75, 3.05) is 7.05 Å². The van der Waals surface area contributed by atoms with Crippen LogP contribution in [0.25, 0.3) is 0 Å². The van der Waals surface area contributed by atoms with Gasteiger partial charge in [0.15, 0.2) is 0 Å². The van der Waals surface area contributed by atoms with Gasteiger partial charge in [0.05, 0.1) is 17.1 Å². The Kier molecular flexibility index (Phi) is 3.72. The van der Waals surface area contributed by atoms with E-state index in [4.69, 9.17) is 16.0 Å². The van der Waals surface area contributed by atoms with E-state index < -0.39 is 0 Å². The lowest BCUT2D eigenvalue weighted by molar-refractivity contribution is 0.0775. The highest BCUT2D eigenvalue weighted by Crippen LogP contribution is 2.18. The van der Waals surface area contributed by atoms with Crippen LogP contribution >= 0.6 is 11.6 Å². The zero-order valence-electron chi connectivity index (χ0n) is 10.3. The van der Waals surface area contributed by atoms with Gasteiger partial charge in [0, 0.05) is 7.05 Å². The second kappa shape index (κ2) is 5.27. The summed E-state index contributed by atoms with van der Waals surface area (Å²) in [6.07, 6.45) is 0. The largest absolute Gasteiger partial charge is 0.464 e. The van der Waals surface area contributed by atoms with Gasteiger partial charge in [0.2, 0.25) is 0 Å². The zero-order chi connectivity index (χ0) is 13.1. The number of hydrogen-bond acceptors (Lipinski definition) is 2. The molecule has 2 aromatic rings. The maximum atomic E-state index is 12.2. The number of nitrogens with zero attached hydrogens (tertiary/aromatic N) is 1. The summed E-state index contributed by atoms with van der Waals surface area (Å²) < 4.78 is 5.44. The Labute approximate surface area is 111 Å². The Morgan fingerprint density at radius 2 is 2.00 bits per heavy atom. The highest BCUT2D eigenvalue weighted by Gasteiger charge is 2.15. The Morgan fingerprint density at radius 3 is 2.61 bits per heavy atom. The van der Waals surface area contributed by atoms with Gasteiger partial charge in [0.1, 0.15) is 11.5 Å². The van der Waals surface area contributed by atoms with Crippen molar-refractivity contribution in [1.29, 1.82) is 0 Å². The van der Waals surface area contributed by atoms with Crippen molar-refractivity contribution >= 4 is 17.5 Å². The SMILES string of the molecule is Cc1ccc(CN(C)C(=O)c2ccccc2Cl)o1. The lowest BCUT2D eigenvalue weighted by atomic mass is 10.2. The average Bonchev–Trinajstić information content (AvgIpc) is 2.74. The third-order valence-electron chi connectivity index (χ3n) is 2.64. The molecule has 0 atom stereocenters. The van der Waals surface area contributed by atoms with Crippen LogP contribution in [0.2, 0.25) is 5.02 Å². The van der Waals surface area contributed by atoms with Crippen molar-refractivity contribution in [3.8, 4) is 0 Å². The van der Waals surface area contributed by atoms with Gasteiger partial charge in [-0.3, -0.25) is 4.79 Å². The molecule has 0 aliphatic carbocycles. The second-order valence-electron chi connectivity index (χ2n) is 4.15. The number of amides is 1. The van der Waals surface area contributed by atoms with E-state index in [1.54, 1.807) is 36.2 Å². The van der Waals surface area contributed by atoms with Gasteiger partial charge in [-0.05, 0) is 31.2 Å². The third-order valence-corrected chi connectivity index (χ3v) is 2.97. The summed E-state index contributed by atoms with van der Waals surface area (Å²) in [6, 6.07) is 10.8. The first-order valence-electron chi connectivity index (χ1n) is 5.63. The quantitative estimate of drug-likeness (QED) is 0.849. The molecule has 18 heavy (non-hydrogen) atoms. The first kappa shape index (κ1) is 12.7. The molecule has 4 heteroatoms. The van der Waals surface area contributed by atoms with Gasteiger partial charge in [-0.1, -0.05) is 23.7 Å². The molecule has 1 aromatic carbocycles. The smallest absolute Gasteiger partial charge is 0.255 e. The fourth-order valence-electron chi connectivity index (χ4n) is 1.72. The molecule has 0 bridgehead atoms. The van der Waals surface area contributed by atoms with Crippen molar-refractivity contribution < 1.29 is 9.21 Å². The van der Waals surface area contributed by atoms with Crippen molar-refractivity contribution in [2.45, 2.75) is 13.5 Å². The summed E-state index contributed by atoms with van der Waals surface area (Å²) in [4.78, 5) is 13.8. The summed E-state index contributed by atoms with van der Waals surface area (Å²) in [5.74, 6) is 1.48. The van der Waals surface area contributed by atoms with Gasteiger partial charge in [0.25, 0.3) is 5.91 Å². The van der Waals surface area contributed by atoms with E-state index in [9.17, 15) is 4.79 Å². The van der Waals surface area contributed by atoms with Crippen LogP contribution in [0.4, 0.5) is 0 Å². The molecule has 0 spiro atoms. The summed E-state index contributed by atoms with van der Waals surface area (Å²) >= 11 is 6.00. The lowest BCUT2D eigenvalue weighted by Gasteiger charge is -2.16. The fourth-order valence-corrected chi connectivity index (χ4v) is 1.93. The minimum Gasteiger partial charge on any atom is -0.464 e. The number of furan rings is 1. The molecule has 2 rings (SSSR count). The number of carbonyl (C=O) groups is 1. The highest BCUT2D eigenvalue weighted by atomic mass is 35.5. The summed E-state index contributed by atoms with van der Waals surface area (Å²) in [6.45, 7) is 2.30. The third kappa shape index (κ3) is 2.74. The maximum Gasteiger partial charge on any atom is 0.255 e. The van der Waals surface area contributed by atoms with E-state index in [1.807, 2.05) is 19.1 Å². The van der Waals surface area contributed by atoms with Crippen LogP contribution in [0.3, 0.4) is 0 Å². The normalized spacial score (nSPS) is 10.4. The molecule has 0 fully saturated rings. The molecule has 3 nitrogen and oxygen atoms in total. The van der Waals surface area contributed by atoms with Gasteiger partial charge in [-0.15, -0.1) is 0 Å². The van der Waals surface area contributed by atoms with Crippen LogP contribution in [0.1, 0.15) is 21.9 Å². The molecule has 1 aromatic heterocycles. The lowest BCUT2D eigenvalue weighted by Crippen LogP contribution is -2.26. The molecule has 0 saturated carbocycles. The van der Waals surface area contributed by atoms with Crippen LogP contribution in [-0.4, -0.2) is 17.9 Å². The number of carbonyl (C=O) groups excluding carboxylic acids is 1. The molecule has 0 radical (unpaired) electrons. The van der Waals surface area contributed by atoms with Crippen LogP contribution in [-0.2, 0) is 6.54 Å². The predicted octanol–water partition coefficient (Wildman–Crippen LogP) is 3.51. The first-order valence-corrected chi connectivity index (χ1v) is 6.01. The molecule has 1 amide bonds. The van der Waals surface area contributed by atoms with E-state index in [-0.39, 0.29) is 5.91 Å². The zero-order valence-corrected chi connectivity index (χ0v) is 11.1. The fraction of sp³-hybridized carbons (Fsp3) is 0.214. The highest BCUT2D eigenvalue weighted by molar-refractivity contribution is 6.33. The Bertz CT molecular complexity index is 562. The van der Waals surface area contributed by atoms with Gasteiger partial charge >= 0.3 is 0 Å². The van der Waals surface area contributed by atoms with E-state index >= 15 is 0 Å². The summed E-state index contributed by atoms with van der Waals surface area (Å²) in [5.41, 5.74) is 0.505. The molecule has 0 aliphatic heterocycles. The van der Waals surface area contributed by atoms with Gasteiger partial charge in [-0.2, -0.15) is 0 Å². The van der Waals surface area contributed by atoms with E-state index in [0.717, 1.165) is 11.5 Å². The first-order chi connectivity index (χ1) is 8.58. The van der Waals surface area contributed by atoms with Crippen molar-refractivity contribution in [2.24, 2.45) is 0 Å². The second-order valence-corrected chi connectivity index (χ2v) is 4.56. The van der Waals surface area contributed by atoms with E-state index in [0.29, 0.717) is 17.1 Å². The van der Waals surface area contributed by atoms with E-state index in [2.05, 4.69) is 0 Å². The van der Waals surface area contributed by atoms with Gasteiger partial charge < -0.3 is 9.32 Å². The molecule has 0 unspecified atom stereocenters. The molecule has 0 saturated heterocycles. The Hall–Kier alpha value is -1.74. The predicted molar refractivity (Wildman–Crippen MR) is 70.7 cm³/mol. The van der Waals surface area contributed by atoms with Crippen LogP contribution in [0, 0.1) is 6.92 Å². The minimum atomic E-state index is -0.116. The molecule has 0 N–H and O–H groups in total. The molecule has 1 heterocycles. The average molecular weight is 264 g/mol. The standard InChI is InChI=1S/C14H14ClNO2/c1-10-7-8-11(18-10)9-16(2)14(17)12-5-3-4-6-13(12)15/h3-8H,9H2,1-2H3. The number of rotatable bonds is 3. The monoisotopic (exact) mass is 263 g/mol. The van der Waals surface area contributed by atoms with Crippen LogP contribution < -0.4 is 0 Å². The van der Waals surface area contributed by atoms with Crippen molar-refractivity contribution in [3.05, 3.63) is 58.5 Å². The molecular formula is C14H14ClNO2. The van der Waals surface area contributed by atoms with Crippen LogP contribution in [0.5, 0.6) is 0 Å². The number of aryl methyl sites for hydroxylation is 1. The number of benzene rings is 1. The molecule has 0 aliphatic rings. The van der Waals surface area contributed by atoms with Crippen molar-refractivity contribution in [1.82, 2.24) is 4.90 Å².